The van der Waals surface area contributed by atoms with Crippen LogP contribution in [0.15, 0.2) is 34.9 Å². The summed E-state index contributed by atoms with van der Waals surface area (Å²) in [5, 5.41) is 11.3. The lowest BCUT2D eigenvalue weighted by Crippen LogP contribution is -2.20. The highest BCUT2D eigenvalue weighted by atomic mass is 35.5. The molecule has 0 aliphatic rings. The van der Waals surface area contributed by atoms with E-state index in [0.29, 0.717) is 15.8 Å². The smallest absolute Gasteiger partial charge is 0.135 e. The molecule has 0 fully saturated rings. The van der Waals surface area contributed by atoms with Crippen molar-refractivity contribution in [2.75, 3.05) is 6.54 Å². The second kappa shape index (κ2) is 5.97. The van der Waals surface area contributed by atoms with E-state index in [0.717, 1.165) is 11.1 Å². The van der Waals surface area contributed by atoms with Crippen molar-refractivity contribution in [3.8, 4) is 0 Å². The predicted octanol–water partition coefficient (Wildman–Crippen LogP) is 3.67. The Hall–Kier alpha value is -1.000. The highest BCUT2D eigenvalue weighted by Gasteiger charge is 2.25. The van der Waals surface area contributed by atoms with E-state index in [1.165, 1.54) is 0 Å². The molecule has 3 N–H and O–H groups in total. The van der Waals surface area contributed by atoms with Crippen LogP contribution in [0, 0.1) is 6.92 Å². The Morgan fingerprint density at radius 1 is 1.26 bits per heavy atom. The summed E-state index contributed by atoms with van der Waals surface area (Å²) in [4.78, 5) is 0. The maximum absolute atomic E-state index is 10.4. The number of furan rings is 1. The third-order valence-corrected chi connectivity index (χ3v) is 3.92. The van der Waals surface area contributed by atoms with Gasteiger partial charge < -0.3 is 15.3 Å². The fraction of sp³-hybridized carbons (Fsp3) is 0.286. The Kier molecular flexibility index (Phi) is 4.53. The van der Waals surface area contributed by atoms with Crippen molar-refractivity contribution in [1.82, 2.24) is 0 Å². The highest BCUT2D eigenvalue weighted by molar-refractivity contribution is 6.42. The van der Waals surface area contributed by atoms with Crippen LogP contribution in [-0.2, 0) is 0 Å². The molecule has 1 heterocycles. The summed E-state index contributed by atoms with van der Waals surface area (Å²) in [7, 11) is 0. The first-order valence-electron chi connectivity index (χ1n) is 5.91. The average Bonchev–Trinajstić information content (AvgIpc) is 2.80. The van der Waals surface area contributed by atoms with Crippen LogP contribution in [0.2, 0.25) is 10.0 Å². The second-order valence-electron chi connectivity index (χ2n) is 4.43. The molecule has 0 amide bonds. The number of aryl methyl sites for hydroxylation is 1. The van der Waals surface area contributed by atoms with Gasteiger partial charge in [-0.05, 0) is 36.2 Å². The summed E-state index contributed by atoms with van der Waals surface area (Å²) in [6.07, 6.45) is 0.744. The molecule has 0 radical (unpaired) electrons. The molecular weight excluding hydrogens is 285 g/mol. The molecule has 102 valence electrons. The molecule has 0 spiro atoms. The molecule has 3 nitrogen and oxygen atoms in total. The molecule has 1 aromatic heterocycles. The van der Waals surface area contributed by atoms with Crippen LogP contribution in [0.3, 0.4) is 0 Å². The van der Waals surface area contributed by atoms with E-state index in [9.17, 15) is 5.11 Å². The van der Waals surface area contributed by atoms with Crippen LogP contribution in [0.25, 0.3) is 0 Å². The molecule has 19 heavy (non-hydrogen) atoms. The average molecular weight is 300 g/mol. The molecule has 0 bridgehead atoms. The third-order valence-electron chi connectivity index (χ3n) is 3.18. The Morgan fingerprint density at radius 2 is 2.00 bits per heavy atom. The predicted molar refractivity (Wildman–Crippen MR) is 76.7 cm³/mol. The quantitative estimate of drug-likeness (QED) is 0.905. The normalized spacial score (nSPS) is 14.4. The zero-order valence-corrected chi connectivity index (χ0v) is 11.9. The minimum atomic E-state index is -0.808. The number of hydrogen-bond donors (Lipinski definition) is 2. The van der Waals surface area contributed by atoms with E-state index in [2.05, 4.69) is 0 Å². The van der Waals surface area contributed by atoms with Gasteiger partial charge in [0.05, 0.1) is 16.3 Å². The maximum atomic E-state index is 10.4. The largest absolute Gasteiger partial charge is 0.466 e. The van der Waals surface area contributed by atoms with Gasteiger partial charge in [0.15, 0.2) is 0 Å². The van der Waals surface area contributed by atoms with Crippen LogP contribution in [-0.4, -0.2) is 11.7 Å². The lowest BCUT2D eigenvalue weighted by Gasteiger charge is -2.21. The molecular formula is C14H15Cl2NO2. The maximum Gasteiger partial charge on any atom is 0.135 e. The number of nitrogens with two attached hydrogens (primary N) is 1. The first-order chi connectivity index (χ1) is 9.04. The minimum Gasteiger partial charge on any atom is -0.466 e. The molecule has 2 unspecified atom stereocenters. The summed E-state index contributed by atoms with van der Waals surface area (Å²) in [6, 6.07) is 7.04. The van der Waals surface area contributed by atoms with Crippen molar-refractivity contribution in [1.29, 1.82) is 0 Å². The van der Waals surface area contributed by atoms with Gasteiger partial charge in [-0.15, -0.1) is 0 Å². The zero-order chi connectivity index (χ0) is 14.0. The van der Waals surface area contributed by atoms with Crippen LogP contribution in [0.5, 0.6) is 0 Å². The van der Waals surface area contributed by atoms with Crippen molar-refractivity contribution in [2.45, 2.75) is 18.9 Å². The Balaban J connectivity index is 2.34. The summed E-state index contributed by atoms with van der Waals surface area (Å²) >= 11 is 11.9. The summed E-state index contributed by atoms with van der Waals surface area (Å²) < 4.78 is 5.32. The van der Waals surface area contributed by atoms with Gasteiger partial charge in [0.2, 0.25) is 0 Å². The van der Waals surface area contributed by atoms with Gasteiger partial charge in [-0.2, -0.15) is 0 Å². The fourth-order valence-electron chi connectivity index (χ4n) is 2.06. The molecule has 5 heteroatoms. The molecule has 2 rings (SSSR count). The summed E-state index contributed by atoms with van der Waals surface area (Å²) in [5.41, 5.74) is 7.50. The fourth-order valence-corrected chi connectivity index (χ4v) is 2.37. The van der Waals surface area contributed by atoms with Crippen LogP contribution in [0.1, 0.15) is 28.9 Å². The van der Waals surface area contributed by atoms with Crippen molar-refractivity contribution in [3.63, 3.8) is 0 Å². The first-order valence-corrected chi connectivity index (χ1v) is 6.67. The number of aliphatic hydroxyl groups is 1. The summed E-state index contributed by atoms with van der Waals surface area (Å²) in [5.74, 6) is 0.237. The van der Waals surface area contributed by atoms with Gasteiger partial charge in [-0.3, -0.25) is 0 Å². The standard InChI is InChI=1S/C14H15Cl2NO2/c1-8-4-5-19-14(8)13(18)10(7-17)9-2-3-11(15)12(16)6-9/h2-6,10,13,18H,7,17H2,1H3. The van der Waals surface area contributed by atoms with E-state index in [1.807, 2.05) is 13.0 Å². The van der Waals surface area contributed by atoms with E-state index in [4.69, 9.17) is 33.4 Å². The zero-order valence-electron chi connectivity index (χ0n) is 10.4. The van der Waals surface area contributed by atoms with Gasteiger partial charge in [0.25, 0.3) is 0 Å². The third kappa shape index (κ3) is 2.95. The molecule has 0 aliphatic carbocycles. The molecule has 2 atom stereocenters. The first kappa shape index (κ1) is 14.4. The SMILES string of the molecule is Cc1ccoc1C(O)C(CN)c1ccc(Cl)c(Cl)c1. The highest BCUT2D eigenvalue weighted by Crippen LogP contribution is 2.34. The number of halogens is 2. The van der Waals surface area contributed by atoms with Gasteiger partial charge in [0.1, 0.15) is 11.9 Å². The molecule has 2 aromatic rings. The van der Waals surface area contributed by atoms with Gasteiger partial charge in [-0.25, -0.2) is 0 Å². The van der Waals surface area contributed by atoms with Gasteiger partial charge in [0, 0.05) is 12.5 Å². The van der Waals surface area contributed by atoms with Crippen molar-refractivity contribution < 1.29 is 9.52 Å². The monoisotopic (exact) mass is 299 g/mol. The molecule has 0 saturated heterocycles. The Labute approximate surface area is 121 Å². The van der Waals surface area contributed by atoms with Crippen molar-refractivity contribution in [2.24, 2.45) is 5.73 Å². The lowest BCUT2D eigenvalue weighted by atomic mass is 9.91. The Bertz CT molecular complexity index is 568. The topological polar surface area (TPSA) is 59.4 Å². The molecule has 1 aromatic carbocycles. The minimum absolute atomic E-state index is 0.277. The van der Waals surface area contributed by atoms with Crippen LogP contribution >= 0.6 is 23.2 Å². The Morgan fingerprint density at radius 3 is 2.53 bits per heavy atom. The molecule has 0 saturated carbocycles. The van der Waals surface area contributed by atoms with E-state index in [1.54, 1.807) is 24.5 Å². The molecule has 0 aliphatic heterocycles. The summed E-state index contributed by atoms with van der Waals surface area (Å²) in [6.45, 7) is 2.16. The van der Waals surface area contributed by atoms with Crippen molar-refractivity contribution in [3.05, 3.63) is 57.5 Å². The lowest BCUT2D eigenvalue weighted by molar-refractivity contribution is 0.121. The van der Waals surface area contributed by atoms with E-state index in [-0.39, 0.29) is 12.5 Å². The van der Waals surface area contributed by atoms with E-state index < -0.39 is 6.10 Å². The van der Waals surface area contributed by atoms with Gasteiger partial charge in [-0.1, -0.05) is 29.3 Å². The number of aliphatic hydroxyl groups excluding tert-OH is 1. The number of benzene rings is 1. The number of hydrogen-bond acceptors (Lipinski definition) is 3. The second-order valence-corrected chi connectivity index (χ2v) is 5.24. The van der Waals surface area contributed by atoms with Gasteiger partial charge >= 0.3 is 0 Å². The number of rotatable bonds is 4. The van der Waals surface area contributed by atoms with Crippen LogP contribution < -0.4 is 5.73 Å². The van der Waals surface area contributed by atoms with Crippen molar-refractivity contribution >= 4 is 23.2 Å². The van der Waals surface area contributed by atoms with E-state index >= 15 is 0 Å². The van der Waals surface area contributed by atoms with Crippen LogP contribution in [0.4, 0.5) is 0 Å².